The Morgan fingerprint density at radius 2 is 1.63 bits per heavy atom. The molecule has 0 saturated heterocycles. The average Bonchev–Trinajstić information content (AvgIpc) is 2.41. The molecule has 2 aliphatic carbocycles. The Labute approximate surface area is 119 Å². The summed E-state index contributed by atoms with van der Waals surface area (Å²) in [5.74, 6) is 2.43. The monoisotopic (exact) mass is 268 g/mol. The molecule has 0 aromatic rings. The summed E-state index contributed by atoms with van der Waals surface area (Å²) in [6.45, 7) is 8.65. The number of hydrogen-bond acceptors (Lipinski definition) is 2. The normalized spacial score (nSPS) is 40.3. The maximum atomic E-state index is 6.20. The molecule has 0 amide bonds. The highest BCUT2D eigenvalue weighted by atomic mass is 16.5. The Kier molecular flexibility index (Phi) is 6.15. The summed E-state index contributed by atoms with van der Waals surface area (Å²) in [4.78, 5) is 0. The van der Waals surface area contributed by atoms with Gasteiger partial charge in [0.15, 0.2) is 0 Å². The van der Waals surface area contributed by atoms with E-state index in [1.807, 2.05) is 0 Å². The van der Waals surface area contributed by atoms with Crippen molar-refractivity contribution in [2.75, 3.05) is 13.2 Å². The molecule has 2 fully saturated rings. The van der Waals surface area contributed by atoms with E-state index in [2.05, 4.69) is 20.8 Å². The molecule has 0 N–H and O–H groups in total. The molecule has 3 unspecified atom stereocenters. The fourth-order valence-corrected chi connectivity index (χ4v) is 3.70. The molecule has 0 aromatic carbocycles. The van der Waals surface area contributed by atoms with Gasteiger partial charge in [0.1, 0.15) is 0 Å². The van der Waals surface area contributed by atoms with Crippen molar-refractivity contribution in [1.29, 1.82) is 0 Å². The molecule has 112 valence electrons. The highest BCUT2D eigenvalue weighted by Gasteiger charge is 2.29. The SMILES string of the molecule is CCOC1CCC(OCC2CCC(C)CC2)CC1C. The molecule has 0 aliphatic heterocycles. The van der Waals surface area contributed by atoms with Gasteiger partial charge >= 0.3 is 0 Å². The van der Waals surface area contributed by atoms with E-state index in [1.165, 1.54) is 44.9 Å². The quantitative estimate of drug-likeness (QED) is 0.734. The zero-order valence-electron chi connectivity index (χ0n) is 13.1. The van der Waals surface area contributed by atoms with Crippen molar-refractivity contribution < 1.29 is 9.47 Å². The van der Waals surface area contributed by atoms with E-state index in [9.17, 15) is 0 Å². The van der Waals surface area contributed by atoms with E-state index in [4.69, 9.17) is 9.47 Å². The van der Waals surface area contributed by atoms with E-state index in [1.54, 1.807) is 0 Å². The Morgan fingerprint density at radius 1 is 0.895 bits per heavy atom. The van der Waals surface area contributed by atoms with Crippen LogP contribution in [0.2, 0.25) is 0 Å². The highest BCUT2D eigenvalue weighted by molar-refractivity contribution is 4.79. The predicted octanol–water partition coefficient (Wildman–Crippen LogP) is 4.42. The van der Waals surface area contributed by atoms with Crippen molar-refractivity contribution in [3.63, 3.8) is 0 Å². The minimum atomic E-state index is 0.473. The van der Waals surface area contributed by atoms with Crippen LogP contribution in [0.5, 0.6) is 0 Å². The first kappa shape index (κ1) is 15.3. The molecule has 2 rings (SSSR count). The summed E-state index contributed by atoms with van der Waals surface area (Å²) in [5.41, 5.74) is 0. The van der Waals surface area contributed by atoms with Gasteiger partial charge in [0.25, 0.3) is 0 Å². The Hall–Kier alpha value is -0.0800. The van der Waals surface area contributed by atoms with Crippen LogP contribution in [0, 0.1) is 17.8 Å². The molecule has 0 bridgehead atoms. The van der Waals surface area contributed by atoms with Crippen LogP contribution in [0.15, 0.2) is 0 Å². The summed E-state index contributed by atoms with van der Waals surface area (Å²) in [7, 11) is 0. The topological polar surface area (TPSA) is 18.5 Å². The van der Waals surface area contributed by atoms with Crippen molar-refractivity contribution in [2.45, 2.75) is 77.9 Å². The first-order chi connectivity index (χ1) is 9.19. The number of hydrogen-bond donors (Lipinski definition) is 0. The Balaban J connectivity index is 1.64. The fourth-order valence-electron chi connectivity index (χ4n) is 3.70. The number of ether oxygens (including phenoxy) is 2. The first-order valence-electron chi connectivity index (χ1n) is 8.42. The summed E-state index contributed by atoms with van der Waals surface area (Å²) in [5, 5.41) is 0. The Bertz CT molecular complexity index is 246. The predicted molar refractivity (Wildman–Crippen MR) is 79.3 cm³/mol. The number of rotatable bonds is 5. The molecular weight excluding hydrogens is 236 g/mol. The molecule has 2 heteroatoms. The van der Waals surface area contributed by atoms with Crippen LogP contribution in [0.1, 0.15) is 65.7 Å². The van der Waals surface area contributed by atoms with Crippen LogP contribution in [-0.2, 0) is 9.47 Å². The van der Waals surface area contributed by atoms with Gasteiger partial charge in [0, 0.05) is 13.2 Å². The van der Waals surface area contributed by atoms with Crippen LogP contribution >= 0.6 is 0 Å². The smallest absolute Gasteiger partial charge is 0.0602 e. The van der Waals surface area contributed by atoms with E-state index in [-0.39, 0.29) is 0 Å². The molecule has 0 spiro atoms. The van der Waals surface area contributed by atoms with Crippen LogP contribution in [0.4, 0.5) is 0 Å². The minimum absolute atomic E-state index is 0.473. The molecule has 19 heavy (non-hydrogen) atoms. The average molecular weight is 268 g/mol. The second-order valence-electron chi connectivity index (χ2n) is 6.87. The molecule has 2 aliphatic rings. The fraction of sp³-hybridized carbons (Fsp3) is 1.00. The van der Waals surface area contributed by atoms with E-state index >= 15 is 0 Å². The van der Waals surface area contributed by atoms with Crippen LogP contribution in [0.25, 0.3) is 0 Å². The van der Waals surface area contributed by atoms with Crippen molar-refractivity contribution in [1.82, 2.24) is 0 Å². The van der Waals surface area contributed by atoms with Crippen molar-refractivity contribution in [3.8, 4) is 0 Å². The third kappa shape index (κ3) is 4.75. The summed E-state index contributed by atoms with van der Waals surface area (Å²) in [6.07, 6.45) is 10.1. The standard InChI is InChI=1S/C17H32O2/c1-4-18-17-10-9-16(11-14(17)3)19-12-15-7-5-13(2)6-8-15/h13-17H,4-12H2,1-3H3. The molecule has 0 heterocycles. The van der Waals surface area contributed by atoms with E-state index in [0.717, 1.165) is 25.0 Å². The van der Waals surface area contributed by atoms with Crippen molar-refractivity contribution in [3.05, 3.63) is 0 Å². The maximum Gasteiger partial charge on any atom is 0.0602 e. The first-order valence-corrected chi connectivity index (χ1v) is 8.42. The van der Waals surface area contributed by atoms with Gasteiger partial charge in [0.05, 0.1) is 12.2 Å². The van der Waals surface area contributed by atoms with Gasteiger partial charge in [0.2, 0.25) is 0 Å². The van der Waals surface area contributed by atoms with E-state index in [0.29, 0.717) is 18.1 Å². The molecular formula is C17H32O2. The van der Waals surface area contributed by atoms with Gasteiger partial charge < -0.3 is 9.47 Å². The zero-order valence-corrected chi connectivity index (χ0v) is 13.1. The lowest BCUT2D eigenvalue weighted by molar-refractivity contribution is -0.0657. The largest absolute Gasteiger partial charge is 0.378 e. The summed E-state index contributed by atoms with van der Waals surface area (Å²) >= 11 is 0. The van der Waals surface area contributed by atoms with Gasteiger partial charge in [-0.2, -0.15) is 0 Å². The zero-order chi connectivity index (χ0) is 13.7. The molecule has 2 nitrogen and oxygen atoms in total. The highest BCUT2D eigenvalue weighted by Crippen LogP contribution is 2.32. The second-order valence-corrected chi connectivity index (χ2v) is 6.87. The minimum Gasteiger partial charge on any atom is -0.378 e. The van der Waals surface area contributed by atoms with Crippen LogP contribution in [-0.4, -0.2) is 25.4 Å². The molecule has 0 radical (unpaired) electrons. The Morgan fingerprint density at radius 3 is 2.26 bits per heavy atom. The van der Waals surface area contributed by atoms with E-state index < -0.39 is 0 Å². The lowest BCUT2D eigenvalue weighted by Crippen LogP contribution is -2.34. The lowest BCUT2D eigenvalue weighted by Gasteiger charge is -2.35. The van der Waals surface area contributed by atoms with Crippen molar-refractivity contribution >= 4 is 0 Å². The van der Waals surface area contributed by atoms with Gasteiger partial charge in [-0.25, -0.2) is 0 Å². The van der Waals surface area contributed by atoms with Gasteiger partial charge in [-0.15, -0.1) is 0 Å². The van der Waals surface area contributed by atoms with Crippen molar-refractivity contribution in [2.24, 2.45) is 17.8 Å². The third-order valence-electron chi connectivity index (χ3n) is 5.13. The van der Waals surface area contributed by atoms with Crippen LogP contribution < -0.4 is 0 Å². The third-order valence-corrected chi connectivity index (χ3v) is 5.13. The molecule has 2 saturated carbocycles. The summed E-state index contributed by atoms with van der Waals surface area (Å²) < 4.78 is 12.0. The van der Waals surface area contributed by atoms with Gasteiger partial charge in [-0.3, -0.25) is 0 Å². The van der Waals surface area contributed by atoms with Crippen LogP contribution in [0.3, 0.4) is 0 Å². The van der Waals surface area contributed by atoms with Gasteiger partial charge in [-0.1, -0.05) is 26.7 Å². The van der Waals surface area contributed by atoms with Gasteiger partial charge in [-0.05, 0) is 56.8 Å². The molecule has 0 aromatic heterocycles. The second kappa shape index (κ2) is 7.64. The molecule has 3 atom stereocenters. The summed E-state index contributed by atoms with van der Waals surface area (Å²) in [6, 6.07) is 0. The maximum absolute atomic E-state index is 6.20. The lowest BCUT2D eigenvalue weighted by atomic mass is 9.83.